The Bertz CT molecular complexity index is 651. The molecule has 1 aromatic heterocycles. The molecule has 2 heterocycles. The van der Waals surface area contributed by atoms with E-state index in [1.807, 2.05) is 18.2 Å². The van der Waals surface area contributed by atoms with E-state index in [0.29, 0.717) is 17.9 Å². The van der Waals surface area contributed by atoms with E-state index in [2.05, 4.69) is 9.88 Å². The van der Waals surface area contributed by atoms with Crippen LogP contribution in [-0.2, 0) is 0 Å². The van der Waals surface area contributed by atoms with Crippen LogP contribution in [-0.4, -0.2) is 47.2 Å². The van der Waals surface area contributed by atoms with E-state index >= 15 is 0 Å². The lowest BCUT2D eigenvalue weighted by molar-refractivity contribution is 0.0690. The van der Waals surface area contributed by atoms with Gasteiger partial charge in [-0.25, -0.2) is 9.78 Å². The number of carbonyl (C=O) groups is 1. The number of likely N-dealkylation sites (tertiary alicyclic amines) is 1. The maximum Gasteiger partial charge on any atom is 0.354 e. The molecule has 0 bridgehead atoms. The fraction of sp³-hybridized carbons (Fsp3) is 0.375. The van der Waals surface area contributed by atoms with Crippen LogP contribution in [0.25, 0.3) is 10.9 Å². The summed E-state index contributed by atoms with van der Waals surface area (Å²) in [6, 6.07) is 8.95. The summed E-state index contributed by atoms with van der Waals surface area (Å²) >= 11 is 0. The van der Waals surface area contributed by atoms with E-state index < -0.39 is 5.97 Å². The molecule has 0 amide bonds. The highest BCUT2D eigenvalue weighted by Gasteiger charge is 2.13. The lowest BCUT2D eigenvalue weighted by atomic mass is 10.2. The summed E-state index contributed by atoms with van der Waals surface area (Å²) in [5.41, 5.74) is 0.665. The standard InChI is InChI=1S/C16H18N2O3/c19-16(20)14-11-15(12-5-1-2-6-13(12)17-14)21-10-9-18-7-3-4-8-18/h1-2,5-6,11H,3-4,7-10H2,(H,19,20). The lowest BCUT2D eigenvalue weighted by Gasteiger charge is -2.16. The highest BCUT2D eigenvalue weighted by molar-refractivity contribution is 5.93. The zero-order chi connectivity index (χ0) is 14.7. The highest BCUT2D eigenvalue weighted by Crippen LogP contribution is 2.25. The Labute approximate surface area is 123 Å². The minimum atomic E-state index is -1.04. The van der Waals surface area contributed by atoms with Crippen LogP contribution in [0.1, 0.15) is 23.3 Å². The van der Waals surface area contributed by atoms with Crippen molar-refractivity contribution >= 4 is 16.9 Å². The van der Waals surface area contributed by atoms with Crippen LogP contribution >= 0.6 is 0 Å². The number of pyridine rings is 1. The van der Waals surface area contributed by atoms with Gasteiger partial charge in [0.15, 0.2) is 5.69 Å². The topological polar surface area (TPSA) is 62.7 Å². The smallest absolute Gasteiger partial charge is 0.354 e. The van der Waals surface area contributed by atoms with Crippen molar-refractivity contribution in [1.29, 1.82) is 0 Å². The number of carboxylic acid groups (broad SMARTS) is 1. The Kier molecular flexibility index (Phi) is 4.01. The molecule has 110 valence electrons. The summed E-state index contributed by atoms with van der Waals surface area (Å²) in [7, 11) is 0. The fourth-order valence-corrected chi connectivity index (χ4v) is 2.66. The number of ether oxygens (including phenoxy) is 1. The average molecular weight is 286 g/mol. The Balaban J connectivity index is 1.80. The zero-order valence-corrected chi connectivity index (χ0v) is 11.8. The molecule has 0 atom stereocenters. The normalized spacial score (nSPS) is 15.4. The van der Waals surface area contributed by atoms with Crippen LogP contribution in [0.5, 0.6) is 5.75 Å². The van der Waals surface area contributed by atoms with Gasteiger partial charge in [0, 0.05) is 18.0 Å². The second-order valence-corrected chi connectivity index (χ2v) is 5.23. The number of aromatic carboxylic acids is 1. The number of hydrogen-bond donors (Lipinski definition) is 1. The Morgan fingerprint density at radius 1 is 1.29 bits per heavy atom. The minimum absolute atomic E-state index is 0.0184. The van der Waals surface area contributed by atoms with E-state index in [-0.39, 0.29) is 5.69 Å². The molecule has 1 fully saturated rings. The molecule has 3 rings (SSSR count). The van der Waals surface area contributed by atoms with Gasteiger partial charge in [-0.3, -0.25) is 4.90 Å². The lowest BCUT2D eigenvalue weighted by Crippen LogP contribution is -2.25. The highest BCUT2D eigenvalue weighted by atomic mass is 16.5. The number of carboxylic acids is 1. The molecule has 5 nitrogen and oxygen atoms in total. The molecule has 2 aromatic rings. The van der Waals surface area contributed by atoms with Crippen LogP contribution in [0.3, 0.4) is 0 Å². The third kappa shape index (κ3) is 3.13. The van der Waals surface area contributed by atoms with Gasteiger partial charge < -0.3 is 9.84 Å². The maximum atomic E-state index is 11.2. The zero-order valence-electron chi connectivity index (χ0n) is 11.8. The van der Waals surface area contributed by atoms with Crippen LogP contribution in [0.2, 0.25) is 0 Å². The molecule has 1 saturated heterocycles. The number of para-hydroxylation sites is 1. The fourth-order valence-electron chi connectivity index (χ4n) is 2.66. The van der Waals surface area contributed by atoms with Gasteiger partial charge in [-0.1, -0.05) is 12.1 Å². The second-order valence-electron chi connectivity index (χ2n) is 5.23. The Hall–Kier alpha value is -2.14. The summed E-state index contributed by atoms with van der Waals surface area (Å²) in [4.78, 5) is 17.6. The first kappa shape index (κ1) is 13.8. The van der Waals surface area contributed by atoms with Crippen LogP contribution in [0.15, 0.2) is 30.3 Å². The third-order valence-electron chi connectivity index (χ3n) is 3.76. The molecule has 0 aliphatic carbocycles. The Morgan fingerprint density at radius 2 is 2.05 bits per heavy atom. The number of hydrogen-bond acceptors (Lipinski definition) is 4. The number of aromatic nitrogens is 1. The number of rotatable bonds is 5. The van der Waals surface area contributed by atoms with E-state index in [1.54, 1.807) is 6.07 Å². The molecule has 1 aromatic carbocycles. The first-order valence-electron chi connectivity index (χ1n) is 7.22. The molecule has 1 N–H and O–H groups in total. The van der Waals surface area contributed by atoms with Gasteiger partial charge in [-0.2, -0.15) is 0 Å². The van der Waals surface area contributed by atoms with Gasteiger partial charge in [-0.15, -0.1) is 0 Å². The van der Waals surface area contributed by atoms with Crippen LogP contribution in [0.4, 0.5) is 0 Å². The predicted molar refractivity (Wildman–Crippen MR) is 79.9 cm³/mol. The number of benzene rings is 1. The molecule has 0 spiro atoms. The van der Waals surface area contributed by atoms with Crippen molar-refractivity contribution in [3.63, 3.8) is 0 Å². The molecule has 1 aliphatic rings. The van der Waals surface area contributed by atoms with Gasteiger partial charge in [-0.05, 0) is 38.1 Å². The summed E-state index contributed by atoms with van der Waals surface area (Å²) < 4.78 is 5.83. The molecule has 1 aliphatic heterocycles. The van der Waals surface area contributed by atoms with Crippen molar-refractivity contribution in [2.45, 2.75) is 12.8 Å². The van der Waals surface area contributed by atoms with Crippen molar-refractivity contribution in [1.82, 2.24) is 9.88 Å². The van der Waals surface area contributed by atoms with Crippen molar-refractivity contribution < 1.29 is 14.6 Å². The molecule has 5 heteroatoms. The monoisotopic (exact) mass is 286 g/mol. The van der Waals surface area contributed by atoms with Crippen LogP contribution in [0, 0.1) is 0 Å². The van der Waals surface area contributed by atoms with E-state index in [1.165, 1.54) is 18.9 Å². The van der Waals surface area contributed by atoms with Gasteiger partial charge in [0.2, 0.25) is 0 Å². The minimum Gasteiger partial charge on any atom is -0.491 e. The molecule has 21 heavy (non-hydrogen) atoms. The van der Waals surface area contributed by atoms with Crippen molar-refractivity contribution in [3.8, 4) is 5.75 Å². The summed E-state index contributed by atoms with van der Waals surface area (Å²) in [6.07, 6.45) is 2.50. The van der Waals surface area contributed by atoms with Gasteiger partial charge in [0.25, 0.3) is 0 Å². The quantitative estimate of drug-likeness (QED) is 0.914. The molecule has 0 saturated carbocycles. The van der Waals surface area contributed by atoms with E-state index in [4.69, 9.17) is 9.84 Å². The summed E-state index contributed by atoms with van der Waals surface area (Å²) in [5.74, 6) is -0.442. The molecular formula is C16H18N2O3. The van der Waals surface area contributed by atoms with E-state index in [0.717, 1.165) is 25.0 Å². The number of nitrogens with zero attached hydrogens (tertiary/aromatic N) is 2. The largest absolute Gasteiger partial charge is 0.491 e. The van der Waals surface area contributed by atoms with Crippen molar-refractivity contribution in [2.75, 3.05) is 26.2 Å². The van der Waals surface area contributed by atoms with E-state index in [9.17, 15) is 4.79 Å². The van der Waals surface area contributed by atoms with Gasteiger partial charge in [0.1, 0.15) is 12.4 Å². The predicted octanol–water partition coefficient (Wildman–Crippen LogP) is 2.41. The van der Waals surface area contributed by atoms with Crippen molar-refractivity contribution in [3.05, 3.63) is 36.0 Å². The Morgan fingerprint density at radius 3 is 2.81 bits per heavy atom. The maximum absolute atomic E-state index is 11.2. The second kappa shape index (κ2) is 6.10. The van der Waals surface area contributed by atoms with Gasteiger partial charge >= 0.3 is 5.97 Å². The average Bonchev–Trinajstić information content (AvgIpc) is 3.00. The molecule has 0 unspecified atom stereocenters. The first-order chi connectivity index (χ1) is 10.2. The van der Waals surface area contributed by atoms with Gasteiger partial charge in [0.05, 0.1) is 5.52 Å². The number of fused-ring (bicyclic) bond motifs is 1. The third-order valence-corrected chi connectivity index (χ3v) is 3.76. The first-order valence-corrected chi connectivity index (χ1v) is 7.22. The molecular weight excluding hydrogens is 268 g/mol. The molecule has 0 radical (unpaired) electrons. The summed E-state index contributed by atoms with van der Waals surface area (Å²) in [6.45, 7) is 3.69. The van der Waals surface area contributed by atoms with Crippen LogP contribution < -0.4 is 4.74 Å². The summed E-state index contributed by atoms with van der Waals surface area (Å²) in [5, 5.41) is 9.99. The van der Waals surface area contributed by atoms with Crippen molar-refractivity contribution in [2.24, 2.45) is 0 Å². The SMILES string of the molecule is O=C(O)c1cc(OCCN2CCCC2)c2ccccc2n1.